The van der Waals surface area contributed by atoms with Crippen LogP contribution in [0.4, 0.5) is 18.9 Å². The predicted molar refractivity (Wildman–Crippen MR) is 94.4 cm³/mol. The first kappa shape index (κ1) is 19.8. The Labute approximate surface area is 156 Å². The molecule has 1 amide bonds. The molecule has 0 aliphatic carbocycles. The van der Waals surface area contributed by atoms with Crippen LogP contribution in [-0.2, 0) is 10.5 Å². The highest BCUT2D eigenvalue weighted by Crippen LogP contribution is 2.28. The fourth-order valence-corrected chi connectivity index (χ4v) is 3.42. The van der Waals surface area contributed by atoms with Crippen LogP contribution >= 0.6 is 35.0 Å². The van der Waals surface area contributed by atoms with Crippen molar-refractivity contribution in [3.05, 3.63) is 58.1 Å². The molecule has 134 valence electrons. The molecule has 0 unspecified atom stereocenters. The van der Waals surface area contributed by atoms with Crippen molar-refractivity contribution in [3.63, 3.8) is 0 Å². The summed E-state index contributed by atoms with van der Waals surface area (Å²) in [5, 5.41) is 3.64. The Morgan fingerprint density at radius 2 is 1.68 bits per heavy atom. The SMILES string of the molecule is O=C(CSCc1c(Cl)cccc1Cl)Nc1ccc(OC(F)(F)F)cc1. The minimum absolute atomic E-state index is 0.141. The van der Waals surface area contributed by atoms with E-state index in [1.54, 1.807) is 18.2 Å². The number of ether oxygens (including phenoxy) is 1. The minimum Gasteiger partial charge on any atom is -0.406 e. The van der Waals surface area contributed by atoms with E-state index in [0.29, 0.717) is 21.5 Å². The molecule has 2 aromatic rings. The van der Waals surface area contributed by atoms with Crippen LogP contribution in [0.1, 0.15) is 5.56 Å². The highest BCUT2D eigenvalue weighted by Gasteiger charge is 2.30. The number of benzene rings is 2. The Kier molecular flexibility index (Phi) is 6.87. The van der Waals surface area contributed by atoms with Crippen LogP contribution < -0.4 is 10.1 Å². The topological polar surface area (TPSA) is 38.3 Å². The third-order valence-electron chi connectivity index (χ3n) is 2.91. The van der Waals surface area contributed by atoms with Crippen molar-refractivity contribution in [2.75, 3.05) is 11.1 Å². The van der Waals surface area contributed by atoms with Crippen LogP contribution in [0.25, 0.3) is 0 Å². The molecule has 3 nitrogen and oxygen atoms in total. The van der Waals surface area contributed by atoms with Crippen molar-refractivity contribution in [3.8, 4) is 5.75 Å². The van der Waals surface area contributed by atoms with Gasteiger partial charge in [-0.2, -0.15) is 0 Å². The largest absolute Gasteiger partial charge is 0.573 e. The maximum atomic E-state index is 12.1. The quantitative estimate of drug-likeness (QED) is 0.658. The molecule has 0 aromatic heterocycles. The molecule has 25 heavy (non-hydrogen) atoms. The van der Waals surface area contributed by atoms with Crippen molar-refractivity contribution in [2.24, 2.45) is 0 Å². The van der Waals surface area contributed by atoms with E-state index in [4.69, 9.17) is 23.2 Å². The van der Waals surface area contributed by atoms with Crippen molar-refractivity contribution < 1.29 is 22.7 Å². The molecule has 0 saturated heterocycles. The van der Waals surface area contributed by atoms with Crippen molar-refractivity contribution in [1.82, 2.24) is 0 Å². The summed E-state index contributed by atoms with van der Waals surface area (Å²) in [6, 6.07) is 10.1. The molecule has 0 radical (unpaired) electrons. The third kappa shape index (κ3) is 6.68. The van der Waals surface area contributed by atoms with Gasteiger partial charge >= 0.3 is 6.36 Å². The van der Waals surface area contributed by atoms with Gasteiger partial charge in [-0.25, -0.2) is 0 Å². The summed E-state index contributed by atoms with van der Waals surface area (Å²) in [7, 11) is 0. The number of halogens is 5. The third-order valence-corrected chi connectivity index (χ3v) is 4.58. The second kappa shape index (κ2) is 8.69. The molecule has 0 aliphatic heterocycles. The van der Waals surface area contributed by atoms with Crippen molar-refractivity contribution in [2.45, 2.75) is 12.1 Å². The van der Waals surface area contributed by atoms with E-state index in [-0.39, 0.29) is 17.4 Å². The highest BCUT2D eigenvalue weighted by molar-refractivity contribution is 7.99. The van der Waals surface area contributed by atoms with Crippen molar-refractivity contribution in [1.29, 1.82) is 0 Å². The number of nitrogens with one attached hydrogen (secondary N) is 1. The standard InChI is InChI=1S/C16H12Cl2F3NO2S/c17-13-2-1-3-14(18)12(13)8-25-9-15(23)22-10-4-6-11(7-5-10)24-16(19,20)21/h1-7H,8-9H2,(H,22,23). The molecule has 0 heterocycles. The van der Waals surface area contributed by atoms with Gasteiger partial charge in [0.15, 0.2) is 0 Å². The van der Waals surface area contributed by atoms with E-state index >= 15 is 0 Å². The molecule has 1 N–H and O–H groups in total. The van der Waals surface area contributed by atoms with Crippen LogP contribution in [0.2, 0.25) is 10.0 Å². The maximum Gasteiger partial charge on any atom is 0.573 e. The molecule has 0 spiro atoms. The lowest BCUT2D eigenvalue weighted by molar-refractivity contribution is -0.274. The van der Waals surface area contributed by atoms with Gasteiger partial charge in [-0.05, 0) is 42.0 Å². The zero-order chi connectivity index (χ0) is 18.4. The van der Waals surface area contributed by atoms with Crippen LogP contribution in [0.3, 0.4) is 0 Å². The number of carbonyl (C=O) groups excluding carboxylic acids is 1. The minimum atomic E-state index is -4.75. The monoisotopic (exact) mass is 409 g/mol. The Morgan fingerprint density at radius 1 is 1.08 bits per heavy atom. The van der Waals surface area contributed by atoms with Gasteiger partial charge in [-0.1, -0.05) is 29.3 Å². The zero-order valence-corrected chi connectivity index (χ0v) is 14.9. The van der Waals surface area contributed by atoms with Gasteiger partial charge in [0.2, 0.25) is 5.91 Å². The Hall–Kier alpha value is -1.57. The van der Waals surface area contributed by atoms with Gasteiger partial charge in [-0.15, -0.1) is 24.9 Å². The molecule has 2 rings (SSSR count). The lowest BCUT2D eigenvalue weighted by Crippen LogP contribution is -2.17. The fraction of sp³-hybridized carbons (Fsp3) is 0.188. The first-order valence-electron chi connectivity index (χ1n) is 6.91. The number of carbonyl (C=O) groups is 1. The molecule has 2 aromatic carbocycles. The maximum absolute atomic E-state index is 12.1. The first-order valence-corrected chi connectivity index (χ1v) is 8.82. The number of amides is 1. The predicted octanol–water partition coefficient (Wildman–Crippen LogP) is 5.76. The molecule has 0 atom stereocenters. The van der Waals surface area contributed by atoms with Crippen LogP contribution in [0.5, 0.6) is 5.75 Å². The summed E-state index contributed by atoms with van der Waals surface area (Å²) in [4.78, 5) is 11.9. The smallest absolute Gasteiger partial charge is 0.406 e. The summed E-state index contributed by atoms with van der Waals surface area (Å²) >= 11 is 13.4. The second-order valence-corrected chi connectivity index (χ2v) is 6.61. The molecule has 0 fully saturated rings. The molecule has 0 aliphatic rings. The average Bonchev–Trinajstić information content (AvgIpc) is 2.51. The molecule has 0 bridgehead atoms. The average molecular weight is 410 g/mol. The molecular formula is C16H12Cl2F3NO2S. The summed E-state index contributed by atoms with van der Waals surface area (Å²) in [5.74, 6) is -0.0435. The normalized spacial score (nSPS) is 11.2. The number of hydrogen-bond acceptors (Lipinski definition) is 3. The van der Waals surface area contributed by atoms with E-state index in [1.165, 1.54) is 23.9 Å². The lowest BCUT2D eigenvalue weighted by Gasteiger charge is -2.10. The lowest BCUT2D eigenvalue weighted by atomic mass is 10.2. The highest BCUT2D eigenvalue weighted by atomic mass is 35.5. The van der Waals surface area contributed by atoms with Gasteiger partial charge in [0, 0.05) is 21.5 Å². The second-order valence-electron chi connectivity index (χ2n) is 4.81. The number of hydrogen-bond donors (Lipinski definition) is 1. The summed E-state index contributed by atoms with van der Waals surface area (Å²) < 4.78 is 40.0. The number of anilines is 1. The van der Waals surface area contributed by atoms with E-state index in [0.717, 1.165) is 17.7 Å². The van der Waals surface area contributed by atoms with Crippen LogP contribution in [-0.4, -0.2) is 18.0 Å². The number of thioether (sulfide) groups is 1. The Balaban J connectivity index is 1.82. The van der Waals surface area contributed by atoms with Gasteiger partial charge in [0.05, 0.1) is 5.75 Å². The van der Waals surface area contributed by atoms with Gasteiger partial charge in [0.25, 0.3) is 0 Å². The molecule has 9 heteroatoms. The van der Waals surface area contributed by atoms with E-state index in [2.05, 4.69) is 10.1 Å². The summed E-state index contributed by atoms with van der Waals surface area (Å²) in [6.45, 7) is 0. The summed E-state index contributed by atoms with van der Waals surface area (Å²) in [5.41, 5.74) is 1.12. The summed E-state index contributed by atoms with van der Waals surface area (Å²) in [6.07, 6.45) is -4.75. The van der Waals surface area contributed by atoms with Gasteiger partial charge < -0.3 is 10.1 Å². The first-order chi connectivity index (χ1) is 11.7. The van der Waals surface area contributed by atoms with E-state index < -0.39 is 6.36 Å². The van der Waals surface area contributed by atoms with E-state index in [1.807, 2.05) is 0 Å². The van der Waals surface area contributed by atoms with Gasteiger partial charge in [-0.3, -0.25) is 4.79 Å². The number of rotatable bonds is 6. The Morgan fingerprint density at radius 3 is 2.24 bits per heavy atom. The van der Waals surface area contributed by atoms with Crippen LogP contribution in [0.15, 0.2) is 42.5 Å². The molecule has 0 saturated carbocycles. The van der Waals surface area contributed by atoms with Gasteiger partial charge in [0.1, 0.15) is 5.75 Å². The fourth-order valence-electron chi connectivity index (χ4n) is 1.85. The van der Waals surface area contributed by atoms with Crippen LogP contribution in [0, 0.1) is 0 Å². The zero-order valence-electron chi connectivity index (χ0n) is 12.6. The van der Waals surface area contributed by atoms with E-state index in [9.17, 15) is 18.0 Å². The number of alkyl halides is 3. The van der Waals surface area contributed by atoms with Crippen molar-refractivity contribution >= 4 is 46.6 Å². The molecular weight excluding hydrogens is 398 g/mol. The Bertz CT molecular complexity index is 719.